The summed E-state index contributed by atoms with van der Waals surface area (Å²) in [5, 5.41) is 0. The SMILES string of the molecule is CC[C@@H]1CCCCN1CCCNS(=O)(=O)c1ccc(C)c(C(=O)OC)c1. The maximum atomic E-state index is 12.5. The van der Waals surface area contributed by atoms with E-state index >= 15 is 0 Å². The molecule has 0 unspecified atom stereocenters. The quantitative estimate of drug-likeness (QED) is 0.553. The second kappa shape index (κ2) is 9.48. The fraction of sp³-hybridized carbons (Fsp3) is 0.632. The molecule has 1 N–H and O–H groups in total. The van der Waals surface area contributed by atoms with Gasteiger partial charge < -0.3 is 9.64 Å². The highest BCUT2D eigenvalue weighted by Gasteiger charge is 2.21. The summed E-state index contributed by atoms with van der Waals surface area (Å²) in [6.45, 7) is 6.35. The maximum Gasteiger partial charge on any atom is 0.338 e. The van der Waals surface area contributed by atoms with Gasteiger partial charge in [0.25, 0.3) is 0 Å². The topological polar surface area (TPSA) is 75.7 Å². The number of hydrogen-bond donors (Lipinski definition) is 1. The number of carbonyl (C=O) groups excluding carboxylic acids is 1. The Morgan fingerprint density at radius 1 is 1.35 bits per heavy atom. The molecule has 146 valence electrons. The fourth-order valence-corrected chi connectivity index (χ4v) is 4.59. The van der Waals surface area contributed by atoms with Crippen molar-refractivity contribution in [2.45, 2.75) is 56.9 Å². The molecule has 0 radical (unpaired) electrons. The van der Waals surface area contributed by atoms with Crippen molar-refractivity contribution in [3.63, 3.8) is 0 Å². The summed E-state index contributed by atoms with van der Waals surface area (Å²) in [5.74, 6) is -0.532. The van der Waals surface area contributed by atoms with E-state index in [4.69, 9.17) is 4.74 Å². The van der Waals surface area contributed by atoms with Crippen molar-refractivity contribution in [2.24, 2.45) is 0 Å². The second-order valence-electron chi connectivity index (χ2n) is 6.81. The summed E-state index contributed by atoms with van der Waals surface area (Å²) in [5.41, 5.74) is 0.959. The predicted molar refractivity (Wildman–Crippen MR) is 102 cm³/mol. The smallest absolute Gasteiger partial charge is 0.338 e. The number of aryl methyl sites for hydroxylation is 1. The lowest BCUT2D eigenvalue weighted by molar-refractivity contribution is 0.0599. The van der Waals surface area contributed by atoms with Crippen LogP contribution >= 0.6 is 0 Å². The second-order valence-corrected chi connectivity index (χ2v) is 8.58. The van der Waals surface area contributed by atoms with Crippen molar-refractivity contribution in [1.82, 2.24) is 9.62 Å². The Balaban J connectivity index is 1.93. The standard InChI is InChI=1S/C19H30N2O4S/c1-4-16-8-5-6-12-21(16)13-7-11-20-26(23,24)17-10-9-15(2)18(14-17)19(22)25-3/h9-10,14,16,20H,4-8,11-13H2,1-3H3/t16-/m1/s1. The van der Waals surface area contributed by atoms with Gasteiger partial charge in [-0.15, -0.1) is 0 Å². The number of sulfonamides is 1. The summed E-state index contributed by atoms with van der Waals surface area (Å²) in [6.07, 6.45) is 5.66. The summed E-state index contributed by atoms with van der Waals surface area (Å²) in [4.78, 5) is 14.3. The van der Waals surface area contributed by atoms with Gasteiger partial charge in [0.1, 0.15) is 0 Å². The van der Waals surface area contributed by atoms with E-state index in [1.54, 1.807) is 13.0 Å². The van der Waals surface area contributed by atoms with E-state index in [-0.39, 0.29) is 10.5 Å². The van der Waals surface area contributed by atoms with E-state index in [1.165, 1.54) is 38.5 Å². The van der Waals surface area contributed by atoms with E-state index < -0.39 is 16.0 Å². The van der Waals surface area contributed by atoms with E-state index in [9.17, 15) is 13.2 Å². The summed E-state index contributed by atoms with van der Waals surface area (Å²) in [6, 6.07) is 5.14. The van der Waals surface area contributed by atoms with Crippen LogP contribution in [0.5, 0.6) is 0 Å². The molecule has 1 saturated heterocycles. The lowest BCUT2D eigenvalue weighted by atomic mass is 10.00. The van der Waals surface area contributed by atoms with E-state index in [0.29, 0.717) is 18.2 Å². The van der Waals surface area contributed by atoms with Gasteiger partial charge in [-0.3, -0.25) is 0 Å². The van der Waals surface area contributed by atoms with Crippen molar-refractivity contribution in [3.8, 4) is 0 Å². The molecule has 6 nitrogen and oxygen atoms in total. The first kappa shape index (κ1) is 20.9. The Hall–Kier alpha value is -1.44. The van der Waals surface area contributed by atoms with Crippen LogP contribution in [0.25, 0.3) is 0 Å². The van der Waals surface area contributed by atoms with Crippen LogP contribution in [0.3, 0.4) is 0 Å². The van der Waals surface area contributed by atoms with Crippen LogP contribution in [0.15, 0.2) is 23.1 Å². The molecule has 0 amide bonds. The molecule has 7 heteroatoms. The molecular weight excluding hydrogens is 352 g/mol. The predicted octanol–water partition coefficient (Wildman–Crippen LogP) is 2.71. The number of nitrogens with zero attached hydrogens (tertiary/aromatic N) is 1. The molecule has 0 spiro atoms. The third-order valence-electron chi connectivity index (χ3n) is 5.06. The number of likely N-dealkylation sites (tertiary alicyclic amines) is 1. The third kappa shape index (κ3) is 5.28. The van der Waals surface area contributed by atoms with E-state index in [0.717, 1.165) is 25.9 Å². The average Bonchev–Trinajstić information content (AvgIpc) is 2.65. The number of methoxy groups -OCH3 is 1. The van der Waals surface area contributed by atoms with Crippen LogP contribution < -0.4 is 4.72 Å². The van der Waals surface area contributed by atoms with Crippen molar-refractivity contribution in [2.75, 3.05) is 26.7 Å². The van der Waals surface area contributed by atoms with Crippen LogP contribution in [0, 0.1) is 6.92 Å². The Bertz CT molecular complexity index is 718. The third-order valence-corrected chi connectivity index (χ3v) is 6.52. The van der Waals surface area contributed by atoms with Gasteiger partial charge in [0.05, 0.1) is 17.6 Å². The van der Waals surface area contributed by atoms with E-state index in [1.807, 2.05) is 0 Å². The van der Waals surface area contributed by atoms with Crippen LogP contribution in [0.4, 0.5) is 0 Å². The molecule has 1 aliphatic heterocycles. The average molecular weight is 383 g/mol. The van der Waals surface area contributed by atoms with Crippen molar-refractivity contribution >= 4 is 16.0 Å². The number of rotatable bonds is 8. The minimum atomic E-state index is -3.64. The van der Waals surface area contributed by atoms with Gasteiger partial charge in [-0.2, -0.15) is 0 Å². The van der Waals surface area contributed by atoms with Crippen LogP contribution in [0.2, 0.25) is 0 Å². The molecule has 26 heavy (non-hydrogen) atoms. The highest BCUT2D eigenvalue weighted by atomic mass is 32.2. The Morgan fingerprint density at radius 3 is 2.81 bits per heavy atom. The molecule has 0 aromatic heterocycles. The molecule has 1 aliphatic rings. The number of hydrogen-bond acceptors (Lipinski definition) is 5. The molecule has 1 heterocycles. The molecular formula is C19H30N2O4S. The number of carbonyl (C=O) groups is 1. The maximum absolute atomic E-state index is 12.5. The van der Waals surface area contributed by atoms with Gasteiger partial charge in [-0.25, -0.2) is 17.9 Å². The largest absolute Gasteiger partial charge is 0.465 e. The molecule has 1 fully saturated rings. The summed E-state index contributed by atoms with van der Waals surface area (Å²) in [7, 11) is -2.36. The number of benzene rings is 1. The minimum Gasteiger partial charge on any atom is -0.465 e. The Morgan fingerprint density at radius 2 is 2.12 bits per heavy atom. The highest BCUT2D eigenvalue weighted by Crippen LogP contribution is 2.20. The lowest BCUT2D eigenvalue weighted by Crippen LogP contribution is -2.40. The first-order chi connectivity index (χ1) is 12.4. The fourth-order valence-electron chi connectivity index (χ4n) is 3.49. The molecule has 0 bridgehead atoms. The Labute approximate surface area is 157 Å². The minimum absolute atomic E-state index is 0.0907. The number of nitrogens with one attached hydrogen (secondary N) is 1. The zero-order valence-corrected chi connectivity index (χ0v) is 16.8. The molecule has 1 atom stereocenters. The van der Waals surface area contributed by atoms with Gasteiger partial charge in [-0.1, -0.05) is 19.4 Å². The number of piperidine rings is 1. The van der Waals surface area contributed by atoms with Crippen LogP contribution in [-0.4, -0.2) is 52.1 Å². The van der Waals surface area contributed by atoms with Crippen molar-refractivity contribution in [1.29, 1.82) is 0 Å². The van der Waals surface area contributed by atoms with Crippen molar-refractivity contribution in [3.05, 3.63) is 29.3 Å². The van der Waals surface area contributed by atoms with Gasteiger partial charge in [0, 0.05) is 12.6 Å². The number of ether oxygens (including phenoxy) is 1. The van der Waals surface area contributed by atoms with Crippen LogP contribution in [-0.2, 0) is 14.8 Å². The van der Waals surface area contributed by atoms with Crippen LogP contribution in [0.1, 0.15) is 54.9 Å². The lowest BCUT2D eigenvalue weighted by Gasteiger charge is -2.35. The monoisotopic (exact) mass is 382 g/mol. The first-order valence-corrected chi connectivity index (χ1v) is 10.8. The summed E-state index contributed by atoms with van der Waals surface area (Å²) >= 11 is 0. The molecule has 0 aliphatic carbocycles. The Kier molecular flexibility index (Phi) is 7.61. The molecule has 1 aromatic rings. The zero-order chi connectivity index (χ0) is 19.2. The molecule has 0 saturated carbocycles. The normalized spacial score (nSPS) is 18.7. The first-order valence-electron chi connectivity index (χ1n) is 9.31. The van der Waals surface area contributed by atoms with E-state index in [2.05, 4.69) is 16.5 Å². The van der Waals surface area contributed by atoms with Gasteiger partial charge in [0.2, 0.25) is 10.0 Å². The number of esters is 1. The zero-order valence-electron chi connectivity index (χ0n) is 16.0. The van der Waals surface area contributed by atoms with Crippen molar-refractivity contribution < 1.29 is 17.9 Å². The summed E-state index contributed by atoms with van der Waals surface area (Å²) < 4.78 is 32.4. The van der Waals surface area contributed by atoms with Gasteiger partial charge in [-0.05, 0) is 63.4 Å². The molecule has 1 aromatic carbocycles. The molecule has 2 rings (SSSR count). The van der Waals surface area contributed by atoms with Gasteiger partial charge >= 0.3 is 5.97 Å². The highest BCUT2D eigenvalue weighted by molar-refractivity contribution is 7.89. The van der Waals surface area contributed by atoms with Gasteiger partial charge in [0.15, 0.2) is 0 Å².